The Bertz CT molecular complexity index is 725. The van der Waals surface area contributed by atoms with E-state index < -0.39 is 0 Å². The van der Waals surface area contributed by atoms with Gasteiger partial charge in [0.15, 0.2) is 0 Å². The molecule has 0 saturated carbocycles. The number of rotatable bonds is 6. The SMILES string of the molecule is CCc1nc(CN2CCC[C@H](NC(C)=O)[C@@H]2Cc2ccccc2)c(C)[nH]1. The molecule has 5 nitrogen and oxygen atoms in total. The molecule has 1 saturated heterocycles. The molecule has 1 aliphatic heterocycles. The number of hydrogen-bond acceptors (Lipinski definition) is 3. The number of hydrogen-bond donors (Lipinski definition) is 2. The fourth-order valence-electron chi connectivity index (χ4n) is 3.96. The van der Waals surface area contributed by atoms with Crippen LogP contribution in [0.15, 0.2) is 30.3 Å². The zero-order chi connectivity index (χ0) is 18.5. The molecule has 1 aromatic heterocycles. The number of likely N-dealkylation sites (tertiary alicyclic amines) is 1. The lowest BCUT2D eigenvalue weighted by molar-refractivity contribution is -0.120. The van der Waals surface area contributed by atoms with Gasteiger partial charge in [0.1, 0.15) is 5.82 Å². The van der Waals surface area contributed by atoms with Crippen molar-refractivity contribution in [1.29, 1.82) is 0 Å². The average Bonchev–Trinajstić information content (AvgIpc) is 2.98. The third-order valence-electron chi connectivity index (χ3n) is 5.29. The van der Waals surface area contributed by atoms with Gasteiger partial charge in [-0.25, -0.2) is 4.98 Å². The van der Waals surface area contributed by atoms with Crippen molar-refractivity contribution in [3.8, 4) is 0 Å². The Morgan fingerprint density at radius 3 is 2.77 bits per heavy atom. The van der Waals surface area contributed by atoms with E-state index in [1.807, 2.05) is 6.07 Å². The molecule has 2 aromatic rings. The lowest BCUT2D eigenvalue weighted by Crippen LogP contribution is -2.55. The van der Waals surface area contributed by atoms with E-state index in [1.54, 1.807) is 6.92 Å². The highest BCUT2D eigenvalue weighted by Crippen LogP contribution is 2.24. The van der Waals surface area contributed by atoms with Crippen molar-refractivity contribution in [2.75, 3.05) is 6.54 Å². The molecular formula is C21H30N4O. The number of piperidine rings is 1. The maximum absolute atomic E-state index is 11.7. The molecule has 26 heavy (non-hydrogen) atoms. The summed E-state index contributed by atoms with van der Waals surface area (Å²) in [7, 11) is 0. The molecule has 2 heterocycles. The summed E-state index contributed by atoms with van der Waals surface area (Å²) in [6.07, 6.45) is 3.99. The number of aromatic nitrogens is 2. The van der Waals surface area contributed by atoms with E-state index in [4.69, 9.17) is 4.98 Å². The van der Waals surface area contributed by atoms with Crippen LogP contribution in [0.25, 0.3) is 0 Å². The highest BCUT2D eigenvalue weighted by molar-refractivity contribution is 5.73. The van der Waals surface area contributed by atoms with Gasteiger partial charge < -0.3 is 10.3 Å². The van der Waals surface area contributed by atoms with E-state index >= 15 is 0 Å². The molecular weight excluding hydrogens is 324 g/mol. The van der Waals surface area contributed by atoms with Crippen molar-refractivity contribution < 1.29 is 4.79 Å². The molecule has 2 atom stereocenters. The predicted octanol–water partition coefficient (Wildman–Crippen LogP) is 2.99. The van der Waals surface area contributed by atoms with Crippen LogP contribution in [-0.2, 0) is 24.2 Å². The minimum absolute atomic E-state index is 0.0548. The number of carbonyl (C=O) groups excluding carboxylic acids is 1. The molecule has 3 rings (SSSR count). The summed E-state index contributed by atoms with van der Waals surface area (Å²) < 4.78 is 0. The van der Waals surface area contributed by atoms with Crippen LogP contribution in [0.2, 0.25) is 0 Å². The normalized spacial score (nSPS) is 20.9. The molecule has 5 heteroatoms. The minimum Gasteiger partial charge on any atom is -0.352 e. The third kappa shape index (κ3) is 4.52. The fourth-order valence-corrected chi connectivity index (χ4v) is 3.96. The predicted molar refractivity (Wildman–Crippen MR) is 104 cm³/mol. The Hall–Kier alpha value is -2.14. The summed E-state index contributed by atoms with van der Waals surface area (Å²) in [6.45, 7) is 7.71. The van der Waals surface area contributed by atoms with E-state index in [2.05, 4.69) is 53.3 Å². The first-order valence-electron chi connectivity index (χ1n) is 9.66. The molecule has 0 radical (unpaired) electrons. The molecule has 0 unspecified atom stereocenters. The Balaban J connectivity index is 1.82. The van der Waals surface area contributed by atoms with Gasteiger partial charge in [-0.3, -0.25) is 9.69 Å². The number of nitrogens with one attached hydrogen (secondary N) is 2. The van der Waals surface area contributed by atoms with Crippen molar-refractivity contribution in [2.24, 2.45) is 0 Å². The number of nitrogens with zero attached hydrogens (tertiary/aromatic N) is 2. The molecule has 1 amide bonds. The highest BCUT2D eigenvalue weighted by Gasteiger charge is 2.32. The lowest BCUT2D eigenvalue weighted by Gasteiger charge is -2.41. The van der Waals surface area contributed by atoms with Gasteiger partial charge in [0.05, 0.1) is 5.69 Å². The summed E-state index contributed by atoms with van der Waals surface area (Å²) in [4.78, 5) is 22.4. The van der Waals surface area contributed by atoms with Crippen molar-refractivity contribution in [2.45, 2.75) is 65.1 Å². The van der Waals surface area contributed by atoms with Gasteiger partial charge in [0, 0.05) is 37.7 Å². The van der Waals surface area contributed by atoms with Crippen LogP contribution < -0.4 is 5.32 Å². The first-order chi connectivity index (χ1) is 12.6. The molecule has 1 aliphatic rings. The Morgan fingerprint density at radius 2 is 2.12 bits per heavy atom. The molecule has 140 valence electrons. The average molecular weight is 354 g/mol. The Labute approximate surface area is 156 Å². The van der Waals surface area contributed by atoms with Crippen molar-refractivity contribution in [1.82, 2.24) is 20.2 Å². The standard InChI is InChI=1S/C21H30N4O/c1-4-21-22-15(2)19(24-21)14-25-12-8-11-18(23-16(3)26)20(25)13-17-9-6-5-7-10-17/h5-7,9-10,18,20H,4,8,11-14H2,1-3H3,(H,22,24)(H,23,26)/t18-,20-/m0/s1. The molecule has 0 bridgehead atoms. The van der Waals surface area contributed by atoms with Crippen LogP contribution in [0.4, 0.5) is 0 Å². The molecule has 2 N–H and O–H groups in total. The molecule has 0 spiro atoms. The second-order valence-corrected chi connectivity index (χ2v) is 7.29. The maximum atomic E-state index is 11.7. The smallest absolute Gasteiger partial charge is 0.217 e. The summed E-state index contributed by atoms with van der Waals surface area (Å²) >= 11 is 0. The zero-order valence-electron chi connectivity index (χ0n) is 16.1. The van der Waals surface area contributed by atoms with Crippen LogP contribution in [0.3, 0.4) is 0 Å². The quantitative estimate of drug-likeness (QED) is 0.838. The van der Waals surface area contributed by atoms with Crippen LogP contribution in [0.1, 0.15) is 49.5 Å². The number of H-pyrrole nitrogens is 1. The summed E-state index contributed by atoms with van der Waals surface area (Å²) in [6, 6.07) is 11.0. The van der Waals surface area contributed by atoms with E-state index in [1.165, 1.54) is 5.56 Å². The highest BCUT2D eigenvalue weighted by atomic mass is 16.1. The largest absolute Gasteiger partial charge is 0.352 e. The van der Waals surface area contributed by atoms with E-state index in [-0.39, 0.29) is 18.0 Å². The lowest BCUT2D eigenvalue weighted by atomic mass is 9.90. The van der Waals surface area contributed by atoms with Gasteiger partial charge in [-0.2, -0.15) is 0 Å². The molecule has 1 aromatic carbocycles. The van der Waals surface area contributed by atoms with Crippen LogP contribution in [-0.4, -0.2) is 39.4 Å². The maximum Gasteiger partial charge on any atom is 0.217 e. The fraction of sp³-hybridized carbons (Fsp3) is 0.524. The van der Waals surface area contributed by atoms with Gasteiger partial charge >= 0.3 is 0 Å². The number of imidazole rings is 1. The summed E-state index contributed by atoms with van der Waals surface area (Å²) in [5, 5.41) is 3.19. The van der Waals surface area contributed by atoms with Crippen LogP contribution in [0.5, 0.6) is 0 Å². The van der Waals surface area contributed by atoms with Crippen LogP contribution >= 0.6 is 0 Å². The number of carbonyl (C=O) groups is 1. The third-order valence-corrected chi connectivity index (χ3v) is 5.29. The van der Waals surface area contributed by atoms with Crippen LogP contribution in [0, 0.1) is 6.92 Å². The monoisotopic (exact) mass is 354 g/mol. The number of aromatic amines is 1. The first-order valence-corrected chi connectivity index (χ1v) is 9.66. The summed E-state index contributed by atoms with van der Waals surface area (Å²) in [5.74, 6) is 1.10. The Kier molecular flexibility index (Phi) is 6.09. The Morgan fingerprint density at radius 1 is 1.35 bits per heavy atom. The van der Waals surface area contributed by atoms with Gasteiger partial charge in [0.2, 0.25) is 5.91 Å². The molecule has 0 aliphatic carbocycles. The van der Waals surface area contributed by atoms with Gasteiger partial charge in [0.25, 0.3) is 0 Å². The number of amides is 1. The second-order valence-electron chi connectivity index (χ2n) is 7.29. The first kappa shape index (κ1) is 18.6. The van der Waals surface area contributed by atoms with Gasteiger partial charge in [-0.15, -0.1) is 0 Å². The van der Waals surface area contributed by atoms with E-state index in [0.29, 0.717) is 0 Å². The summed E-state index contributed by atoms with van der Waals surface area (Å²) in [5.41, 5.74) is 3.60. The van der Waals surface area contributed by atoms with Gasteiger partial charge in [-0.1, -0.05) is 37.3 Å². The number of benzene rings is 1. The minimum atomic E-state index is 0.0548. The van der Waals surface area contributed by atoms with E-state index in [9.17, 15) is 4.79 Å². The van der Waals surface area contributed by atoms with Crippen molar-refractivity contribution in [3.63, 3.8) is 0 Å². The number of aryl methyl sites for hydroxylation is 2. The van der Waals surface area contributed by atoms with Crippen molar-refractivity contribution >= 4 is 5.91 Å². The topological polar surface area (TPSA) is 61.0 Å². The van der Waals surface area contributed by atoms with Crippen molar-refractivity contribution in [3.05, 3.63) is 53.1 Å². The van der Waals surface area contributed by atoms with Gasteiger partial charge in [-0.05, 0) is 38.3 Å². The zero-order valence-corrected chi connectivity index (χ0v) is 16.1. The second kappa shape index (κ2) is 8.49. The molecule has 1 fully saturated rings. The van der Waals surface area contributed by atoms with E-state index in [0.717, 1.165) is 56.0 Å².